The minimum absolute atomic E-state index is 0.0962. The van der Waals surface area contributed by atoms with Crippen LogP contribution in [0.1, 0.15) is 49.7 Å². The molecule has 3 atom stereocenters. The quantitative estimate of drug-likeness (QED) is 0.895. The van der Waals surface area contributed by atoms with Crippen molar-refractivity contribution in [3.8, 4) is 0 Å². The zero-order chi connectivity index (χ0) is 14.7. The van der Waals surface area contributed by atoms with Crippen LogP contribution >= 0.6 is 0 Å². The fraction of sp³-hybridized carbons (Fsp3) is 0.667. The first-order valence-electron chi connectivity index (χ1n) is 8.38. The van der Waals surface area contributed by atoms with Crippen molar-refractivity contribution >= 4 is 0 Å². The first-order chi connectivity index (χ1) is 10.3. The molecule has 1 heterocycles. The van der Waals surface area contributed by atoms with E-state index in [0.717, 1.165) is 25.1 Å². The summed E-state index contributed by atoms with van der Waals surface area (Å²) in [6, 6.07) is 8.82. The first kappa shape index (κ1) is 15.0. The highest BCUT2D eigenvalue weighted by Crippen LogP contribution is 2.35. The van der Waals surface area contributed by atoms with Crippen LogP contribution in [0.15, 0.2) is 24.3 Å². The lowest BCUT2D eigenvalue weighted by molar-refractivity contribution is 0.0201. The molecule has 3 nitrogen and oxygen atoms in total. The molecule has 1 aromatic carbocycles. The molecule has 0 spiro atoms. The average molecular weight is 289 g/mol. The molecule has 116 valence electrons. The van der Waals surface area contributed by atoms with Crippen molar-refractivity contribution < 1.29 is 10.2 Å². The van der Waals surface area contributed by atoms with E-state index < -0.39 is 0 Å². The summed E-state index contributed by atoms with van der Waals surface area (Å²) in [5, 5.41) is 19.4. The molecule has 0 amide bonds. The number of hydrogen-bond donors (Lipinski definition) is 2. The predicted molar refractivity (Wildman–Crippen MR) is 83.8 cm³/mol. The summed E-state index contributed by atoms with van der Waals surface area (Å²) < 4.78 is 0. The molecule has 0 bridgehead atoms. The predicted octanol–water partition coefficient (Wildman–Crippen LogP) is 2.69. The zero-order valence-electron chi connectivity index (χ0n) is 12.7. The monoisotopic (exact) mass is 289 g/mol. The van der Waals surface area contributed by atoms with Crippen molar-refractivity contribution in [1.29, 1.82) is 0 Å². The second-order valence-corrected chi connectivity index (χ2v) is 6.67. The normalized spacial score (nSPS) is 30.7. The van der Waals surface area contributed by atoms with Crippen LogP contribution in [0, 0.1) is 5.92 Å². The topological polar surface area (TPSA) is 43.7 Å². The Morgan fingerprint density at radius 2 is 1.67 bits per heavy atom. The van der Waals surface area contributed by atoms with Gasteiger partial charge in [0.05, 0.1) is 12.7 Å². The number of rotatable bonds is 4. The first-order valence-corrected chi connectivity index (χ1v) is 8.38. The molecule has 0 radical (unpaired) electrons. The van der Waals surface area contributed by atoms with Gasteiger partial charge in [-0.15, -0.1) is 0 Å². The van der Waals surface area contributed by atoms with Gasteiger partial charge in [-0.1, -0.05) is 37.1 Å². The molecule has 1 aromatic rings. The van der Waals surface area contributed by atoms with E-state index in [-0.39, 0.29) is 12.7 Å². The number of likely N-dealkylation sites (tertiary alicyclic amines) is 1. The zero-order valence-corrected chi connectivity index (χ0v) is 12.7. The fourth-order valence-corrected chi connectivity index (χ4v) is 4.11. The Balaban J connectivity index is 1.65. The maximum Gasteiger partial charge on any atom is 0.0681 e. The van der Waals surface area contributed by atoms with Crippen LogP contribution in [0.3, 0.4) is 0 Å². The van der Waals surface area contributed by atoms with Crippen LogP contribution < -0.4 is 0 Å². The van der Waals surface area contributed by atoms with Crippen LogP contribution in [-0.2, 0) is 13.2 Å². The Labute approximate surface area is 127 Å². The highest BCUT2D eigenvalue weighted by molar-refractivity contribution is 5.22. The van der Waals surface area contributed by atoms with E-state index in [2.05, 4.69) is 17.0 Å². The van der Waals surface area contributed by atoms with E-state index in [1.807, 2.05) is 12.1 Å². The molecule has 1 aliphatic heterocycles. The molecule has 1 saturated heterocycles. The summed E-state index contributed by atoms with van der Waals surface area (Å²) in [5.41, 5.74) is 2.28. The molecule has 0 aromatic heterocycles. The summed E-state index contributed by atoms with van der Waals surface area (Å²) in [5.74, 6) is 0.470. The van der Waals surface area contributed by atoms with Crippen LogP contribution in [-0.4, -0.2) is 33.8 Å². The number of aliphatic hydroxyl groups excluding tert-OH is 2. The van der Waals surface area contributed by atoms with Gasteiger partial charge in [-0.3, -0.25) is 4.90 Å². The SMILES string of the molecule is OCc1ccc(CN2CCC[C@@H]2[C@H]2CCCC[C@@H]2O)cc1. The molecular weight excluding hydrogens is 262 g/mol. The smallest absolute Gasteiger partial charge is 0.0681 e. The van der Waals surface area contributed by atoms with E-state index in [1.54, 1.807) is 0 Å². The van der Waals surface area contributed by atoms with Gasteiger partial charge in [0.15, 0.2) is 0 Å². The van der Waals surface area contributed by atoms with E-state index >= 15 is 0 Å². The van der Waals surface area contributed by atoms with Crippen LogP contribution in [0.5, 0.6) is 0 Å². The van der Waals surface area contributed by atoms with E-state index in [1.165, 1.54) is 37.7 Å². The molecule has 1 aliphatic carbocycles. The third-order valence-corrected chi connectivity index (χ3v) is 5.28. The minimum Gasteiger partial charge on any atom is -0.393 e. The van der Waals surface area contributed by atoms with Crippen LogP contribution in [0.2, 0.25) is 0 Å². The molecule has 2 aliphatic rings. The number of benzene rings is 1. The van der Waals surface area contributed by atoms with Gasteiger partial charge < -0.3 is 10.2 Å². The van der Waals surface area contributed by atoms with Crippen molar-refractivity contribution in [2.75, 3.05) is 6.54 Å². The lowest BCUT2D eigenvalue weighted by Gasteiger charge is -2.37. The third-order valence-electron chi connectivity index (χ3n) is 5.28. The van der Waals surface area contributed by atoms with Crippen LogP contribution in [0.4, 0.5) is 0 Å². The Morgan fingerprint density at radius 3 is 2.38 bits per heavy atom. The Bertz CT molecular complexity index is 445. The molecule has 0 unspecified atom stereocenters. The van der Waals surface area contributed by atoms with Gasteiger partial charge in [-0.05, 0) is 43.4 Å². The number of nitrogens with zero attached hydrogens (tertiary/aromatic N) is 1. The summed E-state index contributed by atoms with van der Waals surface area (Å²) in [6.07, 6.45) is 7.02. The maximum absolute atomic E-state index is 10.3. The highest BCUT2D eigenvalue weighted by atomic mass is 16.3. The van der Waals surface area contributed by atoms with Gasteiger partial charge >= 0.3 is 0 Å². The highest BCUT2D eigenvalue weighted by Gasteiger charge is 2.36. The van der Waals surface area contributed by atoms with Crippen molar-refractivity contribution in [1.82, 2.24) is 4.90 Å². The molecule has 1 saturated carbocycles. The van der Waals surface area contributed by atoms with Gasteiger partial charge in [-0.25, -0.2) is 0 Å². The van der Waals surface area contributed by atoms with Gasteiger partial charge in [0, 0.05) is 18.5 Å². The second-order valence-electron chi connectivity index (χ2n) is 6.67. The summed E-state index contributed by atoms with van der Waals surface area (Å²) in [4.78, 5) is 2.56. The summed E-state index contributed by atoms with van der Waals surface area (Å²) in [7, 11) is 0. The molecule has 21 heavy (non-hydrogen) atoms. The van der Waals surface area contributed by atoms with Crippen LogP contribution in [0.25, 0.3) is 0 Å². The van der Waals surface area contributed by atoms with E-state index in [4.69, 9.17) is 5.11 Å². The fourth-order valence-electron chi connectivity index (χ4n) is 4.11. The number of aliphatic hydroxyl groups is 2. The standard InChI is InChI=1S/C18H27NO2/c20-13-15-9-7-14(8-10-15)12-19-11-3-5-17(19)16-4-1-2-6-18(16)21/h7-10,16-18,20-21H,1-6,11-13H2/t16-,17-,18+/m1/s1. The van der Waals surface area contributed by atoms with Gasteiger partial charge in [-0.2, -0.15) is 0 Å². The maximum atomic E-state index is 10.3. The minimum atomic E-state index is -0.0962. The van der Waals surface area contributed by atoms with Gasteiger partial charge in [0.2, 0.25) is 0 Å². The van der Waals surface area contributed by atoms with Gasteiger partial charge in [0.1, 0.15) is 0 Å². The Hall–Kier alpha value is -0.900. The van der Waals surface area contributed by atoms with Crippen molar-refractivity contribution in [3.63, 3.8) is 0 Å². The lowest BCUT2D eigenvalue weighted by atomic mass is 9.80. The van der Waals surface area contributed by atoms with Gasteiger partial charge in [0.25, 0.3) is 0 Å². The largest absolute Gasteiger partial charge is 0.393 e. The van der Waals surface area contributed by atoms with Crippen molar-refractivity contribution in [2.45, 2.75) is 63.8 Å². The third kappa shape index (κ3) is 3.47. The summed E-state index contributed by atoms with van der Waals surface area (Å²) >= 11 is 0. The summed E-state index contributed by atoms with van der Waals surface area (Å²) in [6.45, 7) is 2.23. The van der Waals surface area contributed by atoms with Crippen molar-refractivity contribution in [2.24, 2.45) is 5.92 Å². The Kier molecular flexibility index (Phi) is 4.94. The van der Waals surface area contributed by atoms with E-state index in [9.17, 15) is 5.11 Å². The second kappa shape index (κ2) is 6.91. The number of hydrogen-bond acceptors (Lipinski definition) is 3. The van der Waals surface area contributed by atoms with Crippen molar-refractivity contribution in [3.05, 3.63) is 35.4 Å². The molecular formula is C18H27NO2. The van der Waals surface area contributed by atoms with E-state index in [0.29, 0.717) is 12.0 Å². The molecule has 2 N–H and O–H groups in total. The lowest BCUT2D eigenvalue weighted by Crippen LogP contribution is -2.42. The average Bonchev–Trinajstić information content (AvgIpc) is 2.96. The molecule has 3 rings (SSSR count). The molecule has 2 fully saturated rings. The molecule has 3 heteroatoms. The Morgan fingerprint density at radius 1 is 0.952 bits per heavy atom.